The van der Waals surface area contributed by atoms with Crippen LogP contribution in [-0.4, -0.2) is 12.2 Å². The van der Waals surface area contributed by atoms with E-state index in [0.29, 0.717) is 5.92 Å². The summed E-state index contributed by atoms with van der Waals surface area (Å²) in [5, 5.41) is 0. The second kappa shape index (κ2) is 6.35. The van der Waals surface area contributed by atoms with E-state index in [-0.39, 0.29) is 5.60 Å². The van der Waals surface area contributed by atoms with Gasteiger partial charge in [0.15, 0.2) is 0 Å². The molecule has 2 saturated carbocycles. The average Bonchev–Trinajstić information content (AvgIpc) is 2.57. The molecule has 1 spiro atoms. The topological polar surface area (TPSA) is 9.23 Å². The van der Waals surface area contributed by atoms with E-state index >= 15 is 0 Å². The fraction of sp³-hybridized carbons (Fsp3) is 0.714. The second-order valence-corrected chi connectivity index (χ2v) is 7.94. The van der Waals surface area contributed by atoms with Crippen molar-refractivity contribution in [2.24, 2.45) is 5.92 Å². The molecule has 3 aliphatic rings. The number of benzene rings is 1. The van der Waals surface area contributed by atoms with Crippen LogP contribution in [0.15, 0.2) is 24.3 Å². The van der Waals surface area contributed by atoms with Crippen LogP contribution >= 0.6 is 0 Å². The number of rotatable bonds is 3. The molecule has 0 radical (unpaired) electrons. The molecule has 3 fully saturated rings. The standard InChI is InChI=1S/C21H30O/c1-3-7-17(8-4-1)15-18-9-11-19(12-10-18)20-16-22-21(20)13-5-2-6-14-21/h9-12,17,20H,1-8,13-16H2/t20-/m1/s1. The predicted octanol–water partition coefficient (Wildman–Crippen LogP) is 5.63. The third-order valence-corrected chi connectivity index (χ3v) is 6.50. The van der Waals surface area contributed by atoms with Gasteiger partial charge in [-0.15, -0.1) is 0 Å². The molecular formula is C21H30O. The zero-order valence-electron chi connectivity index (χ0n) is 13.9. The van der Waals surface area contributed by atoms with Gasteiger partial charge in [0.05, 0.1) is 12.2 Å². The Labute approximate surface area is 135 Å². The van der Waals surface area contributed by atoms with Crippen LogP contribution in [0.1, 0.15) is 81.3 Å². The summed E-state index contributed by atoms with van der Waals surface area (Å²) in [6, 6.07) is 9.61. The molecule has 1 aromatic carbocycles. The Bertz CT molecular complexity index is 477. The summed E-state index contributed by atoms with van der Waals surface area (Å²) in [6.07, 6.45) is 15.2. The Hall–Kier alpha value is -0.820. The first-order valence-corrected chi connectivity index (χ1v) is 9.59. The summed E-state index contributed by atoms with van der Waals surface area (Å²) in [6.45, 7) is 0.946. The highest BCUT2D eigenvalue weighted by molar-refractivity contribution is 5.30. The molecule has 4 rings (SSSR count). The predicted molar refractivity (Wildman–Crippen MR) is 91.2 cm³/mol. The van der Waals surface area contributed by atoms with Gasteiger partial charge in [-0.1, -0.05) is 75.6 Å². The molecule has 1 nitrogen and oxygen atoms in total. The molecule has 1 aromatic rings. The van der Waals surface area contributed by atoms with Crippen molar-refractivity contribution in [2.45, 2.75) is 82.1 Å². The molecule has 22 heavy (non-hydrogen) atoms. The molecule has 1 heterocycles. The van der Waals surface area contributed by atoms with Crippen LogP contribution in [0.4, 0.5) is 0 Å². The summed E-state index contributed by atoms with van der Waals surface area (Å²) in [4.78, 5) is 0. The lowest BCUT2D eigenvalue weighted by Gasteiger charge is -2.52. The number of hydrogen-bond donors (Lipinski definition) is 0. The molecule has 0 bridgehead atoms. The van der Waals surface area contributed by atoms with Gasteiger partial charge in [-0.2, -0.15) is 0 Å². The molecule has 1 saturated heterocycles. The van der Waals surface area contributed by atoms with E-state index in [2.05, 4.69) is 24.3 Å². The molecule has 0 aromatic heterocycles. The minimum Gasteiger partial charge on any atom is -0.374 e. The van der Waals surface area contributed by atoms with Crippen molar-refractivity contribution in [2.75, 3.05) is 6.61 Å². The van der Waals surface area contributed by atoms with Gasteiger partial charge >= 0.3 is 0 Å². The fourth-order valence-electron chi connectivity index (χ4n) is 5.06. The molecule has 1 heteroatoms. The molecule has 2 aliphatic carbocycles. The maximum Gasteiger partial charge on any atom is 0.0773 e. The average molecular weight is 298 g/mol. The number of ether oxygens (including phenoxy) is 1. The van der Waals surface area contributed by atoms with Crippen LogP contribution in [0, 0.1) is 5.92 Å². The Morgan fingerprint density at radius 3 is 2.18 bits per heavy atom. The van der Waals surface area contributed by atoms with E-state index in [1.807, 2.05) is 0 Å². The van der Waals surface area contributed by atoms with Crippen LogP contribution in [0.25, 0.3) is 0 Å². The summed E-state index contributed by atoms with van der Waals surface area (Å²) < 4.78 is 6.08. The maximum atomic E-state index is 6.08. The van der Waals surface area contributed by atoms with Gasteiger partial charge in [0.25, 0.3) is 0 Å². The van der Waals surface area contributed by atoms with Gasteiger partial charge in [-0.05, 0) is 36.3 Å². The van der Waals surface area contributed by atoms with Gasteiger partial charge in [-0.25, -0.2) is 0 Å². The Morgan fingerprint density at radius 2 is 1.55 bits per heavy atom. The molecular weight excluding hydrogens is 268 g/mol. The molecule has 1 atom stereocenters. The highest BCUT2D eigenvalue weighted by Gasteiger charge is 2.49. The first-order valence-electron chi connectivity index (χ1n) is 9.59. The Balaban J connectivity index is 1.41. The first-order chi connectivity index (χ1) is 10.9. The van der Waals surface area contributed by atoms with Crippen molar-refractivity contribution in [3.05, 3.63) is 35.4 Å². The zero-order chi connectivity index (χ0) is 14.8. The summed E-state index contributed by atoms with van der Waals surface area (Å²) >= 11 is 0. The van der Waals surface area contributed by atoms with Crippen molar-refractivity contribution >= 4 is 0 Å². The quantitative estimate of drug-likeness (QED) is 0.703. The molecule has 0 amide bonds. The lowest BCUT2D eigenvalue weighted by atomic mass is 9.69. The van der Waals surface area contributed by atoms with Crippen molar-refractivity contribution in [1.29, 1.82) is 0 Å². The van der Waals surface area contributed by atoms with Crippen LogP contribution in [0.3, 0.4) is 0 Å². The fourth-order valence-corrected chi connectivity index (χ4v) is 5.06. The molecule has 0 N–H and O–H groups in total. The maximum absolute atomic E-state index is 6.08. The lowest BCUT2D eigenvalue weighted by Crippen LogP contribution is -2.52. The Kier molecular flexibility index (Phi) is 4.26. The minimum absolute atomic E-state index is 0.211. The van der Waals surface area contributed by atoms with E-state index in [4.69, 9.17) is 4.74 Å². The molecule has 120 valence electrons. The van der Waals surface area contributed by atoms with E-state index < -0.39 is 0 Å². The van der Waals surface area contributed by atoms with Crippen LogP contribution in [-0.2, 0) is 11.2 Å². The van der Waals surface area contributed by atoms with E-state index in [1.54, 1.807) is 5.56 Å². The zero-order valence-corrected chi connectivity index (χ0v) is 13.9. The smallest absolute Gasteiger partial charge is 0.0773 e. The second-order valence-electron chi connectivity index (χ2n) is 7.94. The molecule has 1 aliphatic heterocycles. The third-order valence-electron chi connectivity index (χ3n) is 6.50. The van der Waals surface area contributed by atoms with Gasteiger partial charge in [0, 0.05) is 5.92 Å². The minimum atomic E-state index is 0.211. The van der Waals surface area contributed by atoms with Crippen molar-refractivity contribution in [3.63, 3.8) is 0 Å². The monoisotopic (exact) mass is 298 g/mol. The van der Waals surface area contributed by atoms with Gasteiger partial charge in [0.2, 0.25) is 0 Å². The van der Waals surface area contributed by atoms with Crippen molar-refractivity contribution in [3.8, 4) is 0 Å². The van der Waals surface area contributed by atoms with E-state index in [1.165, 1.54) is 76.2 Å². The van der Waals surface area contributed by atoms with Crippen LogP contribution in [0.5, 0.6) is 0 Å². The van der Waals surface area contributed by atoms with Gasteiger partial charge in [-0.3, -0.25) is 0 Å². The van der Waals surface area contributed by atoms with Crippen LogP contribution in [0.2, 0.25) is 0 Å². The van der Waals surface area contributed by atoms with Crippen LogP contribution < -0.4 is 0 Å². The van der Waals surface area contributed by atoms with Gasteiger partial charge < -0.3 is 4.74 Å². The third kappa shape index (κ3) is 2.85. The summed E-state index contributed by atoms with van der Waals surface area (Å²) in [5.74, 6) is 1.60. The first kappa shape index (κ1) is 14.8. The van der Waals surface area contributed by atoms with E-state index in [9.17, 15) is 0 Å². The van der Waals surface area contributed by atoms with Gasteiger partial charge in [0.1, 0.15) is 0 Å². The largest absolute Gasteiger partial charge is 0.374 e. The highest BCUT2D eigenvalue weighted by atomic mass is 16.5. The van der Waals surface area contributed by atoms with Crippen molar-refractivity contribution < 1.29 is 4.74 Å². The normalized spacial score (nSPS) is 28.5. The molecule has 0 unspecified atom stereocenters. The SMILES string of the molecule is c1cc([C@H]2COC23CCCCC3)ccc1CC1CCCCC1. The summed E-state index contributed by atoms with van der Waals surface area (Å²) in [7, 11) is 0. The highest BCUT2D eigenvalue weighted by Crippen LogP contribution is 2.49. The van der Waals surface area contributed by atoms with E-state index in [0.717, 1.165) is 12.5 Å². The van der Waals surface area contributed by atoms with Crippen molar-refractivity contribution in [1.82, 2.24) is 0 Å². The summed E-state index contributed by atoms with van der Waals surface area (Å²) in [5.41, 5.74) is 3.29. The number of hydrogen-bond acceptors (Lipinski definition) is 1. The Morgan fingerprint density at radius 1 is 0.864 bits per heavy atom. The lowest BCUT2D eigenvalue weighted by molar-refractivity contribution is -0.187.